The van der Waals surface area contributed by atoms with E-state index in [1.807, 2.05) is 75.2 Å². The number of rotatable bonds is 10. The largest absolute Gasteiger partial charge is 0.460 e. The highest BCUT2D eigenvalue weighted by atomic mass is 16.6. The predicted molar refractivity (Wildman–Crippen MR) is 179 cm³/mol. The number of ether oxygens (including phenoxy) is 2. The van der Waals surface area contributed by atoms with Crippen LogP contribution in [-0.4, -0.2) is 52.4 Å². The van der Waals surface area contributed by atoms with Gasteiger partial charge in [-0.1, -0.05) is 50.7 Å². The third-order valence-electron chi connectivity index (χ3n) is 9.61. The number of carbonyl (C=O) groups is 2. The summed E-state index contributed by atoms with van der Waals surface area (Å²) >= 11 is 0. The molecule has 244 valence electrons. The van der Waals surface area contributed by atoms with Gasteiger partial charge in [0.25, 0.3) is 0 Å². The molecule has 0 aromatic heterocycles. The Balaban J connectivity index is 1.25. The molecule has 1 atom stereocenters. The summed E-state index contributed by atoms with van der Waals surface area (Å²) in [6, 6.07) is 14.0. The minimum absolute atomic E-state index is 0.174. The zero-order valence-corrected chi connectivity index (χ0v) is 27.7. The summed E-state index contributed by atoms with van der Waals surface area (Å²) in [6.07, 6.45) is 13.6. The number of benzene rings is 2. The van der Waals surface area contributed by atoms with Crippen molar-refractivity contribution in [1.82, 2.24) is 9.80 Å². The summed E-state index contributed by atoms with van der Waals surface area (Å²) in [5, 5.41) is 0. The summed E-state index contributed by atoms with van der Waals surface area (Å²) in [5.74, 6) is 2.47. The summed E-state index contributed by atoms with van der Waals surface area (Å²) in [7, 11) is 2.00. The number of esters is 1. The highest BCUT2D eigenvalue weighted by Gasteiger charge is 2.33. The fourth-order valence-electron chi connectivity index (χ4n) is 7.24. The van der Waals surface area contributed by atoms with Crippen LogP contribution in [0.25, 0.3) is 0 Å². The number of aliphatic imine (C=N–C) groups is 1. The SMILES string of the molecule is CN(C(=O)CCC(C1CCCCC1)N1Cc2cc(Oc3ccc(CC(=O)OC(C)(C)C)cc3)ccc2N=C1N)C1CCCCC1. The quantitative estimate of drug-likeness (QED) is 0.276. The second kappa shape index (κ2) is 14.7. The predicted octanol–water partition coefficient (Wildman–Crippen LogP) is 7.65. The van der Waals surface area contributed by atoms with Crippen LogP contribution >= 0.6 is 0 Å². The molecule has 1 heterocycles. The third kappa shape index (κ3) is 9.01. The molecule has 0 radical (unpaired) electrons. The molecule has 1 unspecified atom stereocenters. The van der Waals surface area contributed by atoms with Crippen molar-refractivity contribution in [1.29, 1.82) is 0 Å². The number of amides is 1. The fourth-order valence-corrected chi connectivity index (χ4v) is 7.24. The first-order valence-corrected chi connectivity index (χ1v) is 17.0. The topological polar surface area (TPSA) is 97.5 Å². The number of guanidine groups is 1. The zero-order chi connectivity index (χ0) is 32.0. The number of hydrogen-bond acceptors (Lipinski definition) is 7. The van der Waals surface area contributed by atoms with Gasteiger partial charge in [0, 0.05) is 37.7 Å². The van der Waals surface area contributed by atoms with E-state index in [1.165, 1.54) is 51.4 Å². The van der Waals surface area contributed by atoms with E-state index in [1.54, 1.807) is 0 Å². The van der Waals surface area contributed by atoms with E-state index in [2.05, 4.69) is 4.90 Å². The van der Waals surface area contributed by atoms with Crippen molar-refractivity contribution in [2.45, 2.75) is 128 Å². The lowest BCUT2D eigenvalue weighted by molar-refractivity contribution is -0.153. The molecule has 1 aliphatic heterocycles. The maximum Gasteiger partial charge on any atom is 0.310 e. The fraction of sp³-hybridized carbons (Fsp3) is 0.595. The molecule has 0 saturated heterocycles. The summed E-state index contributed by atoms with van der Waals surface area (Å²) < 4.78 is 11.7. The molecule has 8 nitrogen and oxygen atoms in total. The second-order valence-corrected chi connectivity index (χ2v) is 14.2. The monoisotopic (exact) mass is 616 g/mol. The van der Waals surface area contributed by atoms with Crippen molar-refractivity contribution >= 4 is 23.5 Å². The van der Waals surface area contributed by atoms with Crippen LogP contribution in [0.2, 0.25) is 0 Å². The Morgan fingerprint density at radius 2 is 1.60 bits per heavy atom. The van der Waals surface area contributed by atoms with Crippen LogP contribution in [0.5, 0.6) is 11.5 Å². The number of nitrogens with two attached hydrogens (primary N) is 1. The van der Waals surface area contributed by atoms with Crippen molar-refractivity contribution < 1.29 is 19.1 Å². The van der Waals surface area contributed by atoms with Crippen LogP contribution < -0.4 is 10.5 Å². The minimum Gasteiger partial charge on any atom is -0.460 e. The number of nitrogens with zero attached hydrogens (tertiary/aromatic N) is 3. The lowest BCUT2D eigenvalue weighted by Gasteiger charge is -2.41. The van der Waals surface area contributed by atoms with E-state index < -0.39 is 5.60 Å². The number of hydrogen-bond donors (Lipinski definition) is 1. The van der Waals surface area contributed by atoms with Gasteiger partial charge in [0.15, 0.2) is 5.96 Å². The molecule has 2 aromatic carbocycles. The molecule has 0 spiro atoms. The maximum atomic E-state index is 13.3. The molecule has 45 heavy (non-hydrogen) atoms. The van der Waals surface area contributed by atoms with E-state index in [0.29, 0.717) is 36.6 Å². The molecule has 2 saturated carbocycles. The molecule has 2 fully saturated rings. The van der Waals surface area contributed by atoms with Gasteiger partial charge in [-0.2, -0.15) is 0 Å². The molecule has 2 aromatic rings. The first kappa shape index (κ1) is 32.8. The normalized spacial score (nSPS) is 18.5. The van der Waals surface area contributed by atoms with Gasteiger partial charge in [-0.3, -0.25) is 9.59 Å². The number of carbonyl (C=O) groups excluding carboxylic acids is 2. The van der Waals surface area contributed by atoms with Gasteiger partial charge in [-0.15, -0.1) is 0 Å². The molecule has 5 rings (SSSR count). The van der Waals surface area contributed by atoms with Gasteiger partial charge < -0.3 is 25.0 Å². The lowest BCUT2D eigenvalue weighted by atomic mass is 9.81. The lowest BCUT2D eigenvalue weighted by Crippen LogP contribution is -2.49. The molecule has 1 amide bonds. The number of fused-ring (bicyclic) bond motifs is 1. The van der Waals surface area contributed by atoms with Crippen molar-refractivity contribution in [3.63, 3.8) is 0 Å². The van der Waals surface area contributed by atoms with Crippen LogP contribution in [0.1, 0.15) is 109 Å². The smallest absolute Gasteiger partial charge is 0.310 e. The standard InChI is InChI=1S/C37H52N4O4/c1-37(2,3)45-35(43)23-26-15-17-30(18-16-26)44-31-19-20-32-28(24-31)25-41(36(38)39-32)33(27-11-7-5-8-12-27)21-22-34(42)40(4)29-13-9-6-10-14-29/h15-20,24,27,29,33H,5-14,21-23,25H2,1-4H3,(H2,38,39). The van der Waals surface area contributed by atoms with Crippen molar-refractivity contribution in [2.75, 3.05) is 7.05 Å². The molecule has 2 N–H and O–H groups in total. The average molecular weight is 617 g/mol. The second-order valence-electron chi connectivity index (χ2n) is 14.2. The Hall–Kier alpha value is -3.55. The van der Waals surface area contributed by atoms with E-state index in [9.17, 15) is 9.59 Å². The van der Waals surface area contributed by atoms with E-state index in [4.69, 9.17) is 20.2 Å². The third-order valence-corrected chi connectivity index (χ3v) is 9.61. The van der Waals surface area contributed by atoms with Crippen LogP contribution in [0.4, 0.5) is 5.69 Å². The molecular weight excluding hydrogens is 564 g/mol. The van der Waals surface area contributed by atoms with Gasteiger partial charge in [-0.05, 0) is 94.7 Å². The van der Waals surface area contributed by atoms with Gasteiger partial charge in [-0.25, -0.2) is 4.99 Å². The van der Waals surface area contributed by atoms with Gasteiger partial charge in [0.2, 0.25) is 5.91 Å². The van der Waals surface area contributed by atoms with E-state index in [0.717, 1.165) is 41.8 Å². The Morgan fingerprint density at radius 3 is 2.27 bits per heavy atom. The molecule has 8 heteroatoms. The van der Waals surface area contributed by atoms with Crippen LogP contribution in [0, 0.1) is 5.92 Å². The Kier molecular flexibility index (Phi) is 10.7. The van der Waals surface area contributed by atoms with Gasteiger partial charge in [0.05, 0.1) is 12.1 Å². The van der Waals surface area contributed by atoms with Gasteiger partial charge in [0.1, 0.15) is 17.1 Å². The van der Waals surface area contributed by atoms with Gasteiger partial charge >= 0.3 is 5.97 Å². The van der Waals surface area contributed by atoms with Crippen molar-refractivity contribution in [3.8, 4) is 11.5 Å². The van der Waals surface area contributed by atoms with E-state index >= 15 is 0 Å². The van der Waals surface area contributed by atoms with Crippen LogP contribution in [-0.2, 0) is 27.3 Å². The van der Waals surface area contributed by atoms with Crippen molar-refractivity contribution in [2.24, 2.45) is 16.6 Å². The molecule has 0 bridgehead atoms. The first-order chi connectivity index (χ1) is 21.6. The first-order valence-electron chi connectivity index (χ1n) is 17.0. The summed E-state index contributed by atoms with van der Waals surface area (Å²) in [6.45, 7) is 6.25. The average Bonchev–Trinajstić information content (AvgIpc) is 3.02. The molecule has 2 aliphatic carbocycles. The summed E-state index contributed by atoms with van der Waals surface area (Å²) in [5.41, 5.74) is 8.94. The highest BCUT2D eigenvalue weighted by Crippen LogP contribution is 2.37. The maximum absolute atomic E-state index is 13.3. The minimum atomic E-state index is -0.504. The van der Waals surface area contributed by atoms with E-state index in [-0.39, 0.29) is 24.3 Å². The summed E-state index contributed by atoms with van der Waals surface area (Å²) in [4.78, 5) is 34.6. The Morgan fingerprint density at radius 1 is 0.956 bits per heavy atom. The van der Waals surface area contributed by atoms with Crippen molar-refractivity contribution in [3.05, 3.63) is 53.6 Å². The highest BCUT2D eigenvalue weighted by molar-refractivity contribution is 5.84. The Bertz CT molecular complexity index is 1340. The zero-order valence-electron chi connectivity index (χ0n) is 27.7. The molecule has 3 aliphatic rings. The molecular formula is C37H52N4O4. The van der Waals surface area contributed by atoms with Crippen LogP contribution in [0.15, 0.2) is 47.5 Å². The van der Waals surface area contributed by atoms with Crippen LogP contribution in [0.3, 0.4) is 0 Å². The Labute approximate surface area is 269 Å².